The summed E-state index contributed by atoms with van der Waals surface area (Å²) in [5, 5.41) is 11.1. The number of nitrogens with two attached hydrogens (primary N) is 1. The first-order valence-corrected chi connectivity index (χ1v) is 3.66. The average Bonchev–Trinajstić information content (AvgIpc) is 2.47. The largest absolute Gasteiger partial charge is 0.409 e. The molecular weight excluding hydrogens is 156 g/mol. The van der Waals surface area contributed by atoms with Gasteiger partial charge in [0.05, 0.1) is 0 Å². The quantitative estimate of drug-likeness (QED) is 0.291. The number of imidazole rings is 1. The molecule has 0 saturated heterocycles. The van der Waals surface area contributed by atoms with Gasteiger partial charge in [-0.3, -0.25) is 0 Å². The molecule has 1 aromatic rings. The van der Waals surface area contributed by atoms with Gasteiger partial charge in [-0.05, 0) is 0 Å². The molecule has 0 aliphatic heterocycles. The summed E-state index contributed by atoms with van der Waals surface area (Å²) in [6.45, 7) is 0. The summed E-state index contributed by atoms with van der Waals surface area (Å²) in [5.41, 5.74) is 5.30. The first-order valence-electron chi connectivity index (χ1n) is 3.66. The third-order valence-corrected chi connectivity index (χ3v) is 1.65. The van der Waals surface area contributed by atoms with Crippen LogP contribution in [0.3, 0.4) is 0 Å². The Hall–Kier alpha value is -1.52. The second-order valence-electron chi connectivity index (χ2n) is 2.55. The van der Waals surface area contributed by atoms with Gasteiger partial charge in [-0.15, -0.1) is 0 Å². The molecule has 12 heavy (non-hydrogen) atoms. The van der Waals surface area contributed by atoms with Crippen LogP contribution in [0.2, 0.25) is 0 Å². The van der Waals surface area contributed by atoms with Gasteiger partial charge in [0.15, 0.2) is 0 Å². The zero-order valence-electron chi connectivity index (χ0n) is 6.94. The lowest BCUT2D eigenvalue weighted by atomic mass is 10.3. The number of amidine groups is 1. The fourth-order valence-electron chi connectivity index (χ4n) is 0.927. The minimum Gasteiger partial charge on any atom is -0.409 e. The van der Waals surface area contributed by atoms with E-state index in [4.69, 9.17) is 10.9 Å². The average molecular weight is 168 g/mol. The van der Waals surface area contributed by atoms with Crippen molar-refractivity contribution in [2.75, 3.05) is 0 Å². The summed E-state index contributed by atoms with van der Waals surface area (Å²) < 4.78 is 1.91. The van der Waals surface area contributed by atoms with E-state index in [1.165, 1.54) is 0 Å². The molecule has 0 aliphatic rings. The number of hydrogen-bond donors (Lipinski definition) is 2. The molecule has 0 aromatic carbocycles. The van der Waals surface area contributed by atoms with E-state index in [9.17, 15) is 0 Å². The summed E-state index contributed by atoms with van der Waals surface area (Å²) in [6.07, 6.45) is 4.81. The summed E-state index contributed by atoms with van der Waals surface area (Å²) in [6, 6.07) is 0. The molecule has 0 bridgehead atoms. The van der Waals surface area contributed by atoms with Crippen LogP contribution in [0.4, 0.5) is 0 Å². The van der Waals surface area contributed by atoms with Crippen LogP contribution < -0.4 is 5.73 Å². The van der Waals surface area contributed by atoms with Crippen LogP contribution in [-0.2, 0) is 13.5 Å². The Labute approximate surface area is 70.5 Å². The molecule has 0 amide bonds. The number of nitrogens with zero attached hydrogens (tertiary/aromatic N) is 3. The van der Waals surface area contributed by atoms with E-state index in [1.54, 1.807) is 6.20 Å². The molecule has 0 unspecified atom stereocenters. The maximum atomic E-state index is 8.27. The Morgan fingerprint density at radius 1 is 1.83 bits per heavy atom. The molecule has 3 N–H and O–H groups in total. The molecule has 0 fully saturated rings. The first kappa shape index (κ1) is 8.58. The Morgan fingerprint density at radius 3 is 3.08 bits per heavy atom. The lowest BCUT2D eigenvalue weighted by molar-refractivity contribution is 0.317. The topological polar surface area (TPSA) is 76.4 Å². The van der Waals surface area contributed by atoms with Gasteiger partial charge in [-0.2, -0.15) is 0 Å². The fraction of sp³-hybridized carbons (Fsp3) is 0.429. The fourth-order valence-corrected chi connectivity index (χ4v) is 0.927. The molecule has 1 heterocycles. The van der Waals surface area contributed by atoms with E-state index in [0.29, 0.717) is 12.8 Å². The Balaban J connectivity index is 2.49. The van der Waals surface area contributed by atoms with Crippen molar-refractivity contribution < 1.29 is 5.21 Å². The first-order chi connectivity index (χ1) is 5.74. The zero-order chi connectivity index (χ0) is 8.97. The zero-order valence-corrected chi connectivity index (χ0v) is 6.94. The van der Waals surface area contributed by atoms with Gasteiger partial charge < -0.3 is 15.5 Å². The van der Waals surface area contributed by atoms with Crippen molar-refractivity contribution >= 4 is 5.84 Å². The highest BCUT2D eigenvalue weighted by molar-refractivity contribution is 5.79. The lowest BCUT2D eigenvalue weighted by Crippen LogP contribution is -2.13. The highest BCUT2D eigenvalue weighted by atomic mass is 16.4. The van der Waals surface area contributed by atoms with Crippen LogP contribution in [0, 0.1) is 0 Å². The Kier molecular flexibility index (Phi) is 2.68. The van der Waals surface area contributed by atoms with E-state index in [1.807, 2.05) is 17.8 Å². The summed E-state index contributed by atoms with van der Waals surface area (Å²) >= 11 is 0. The Morgan fingerprint density at radius 2 is 2.58 bits per heavy atom. The highest BCUT2D eigenvalue weighted by Crippen LogP contribution is 1.98. The monoisotopic (exact) mass is 168 g/mol. The van der Waals surface area contributed by atoms with Crippen molar-refractivity contribution in [1.82, 2.24) is 9.55 Å². The number of aromatic nitrogens is 2. The van der Waals surface area contributed by atoms with Gasteiger partial charge in [-0.1, -0.05) is 5.16 Å². The normalized spacial score (nSPS) is 11.9. The molecular formula is C7H12N4O. The second-order valence-corrected chi connectivity index (χ2v) is 2.55. The smallest absolute Gasteiger partial charge is 0.139 e. The van der Waals surface area contributed by atoms with Crippen LogP contribution >= 0.6 is 0 Å². The molecule has 1 aromatic heterocycles. The van der Waals surface area contributed by atoms with Crippen molar-refractivity contribution in [2.24, 2.45) is 17.9 Å². The van der Waals surface area contributed by atoms with Crippen LogP contribution in [0.1, 0.15) is 12.2 Å². The van der Waals surface area contributed by atoms with Crippen molar-refractivity contribution in [3.05, 3.63) is 18.2 Å². The van der Waals surface area contributed by atoms with E-state index >= 15 is 0 Å². The van der Waals surface area contributed by atoms with Gasteiger partial charge in [0.1, 0.15) is 11.7 Å². The number of oxime groups is 1. The number of hydrogen-bond acceptors (Lipinski definition) is 3. The third kappa shape index (κ3) is 1.98. The summed E-state index contributed by atoms with van der Waals surface area (Å²) in [4.78, 5) is 4.09. The van der Waals surface area contributed by atoms with Crippen LogP contribution in [0.15, 0.2) is 17.5 Å². The lowest BCUT2D eigenvalue weighted by Gasteiger charge is -1.99. The van der Waals surface area contributed by atoms with E-state index in [2.05, 4.69) is 10.1 Å². The molecule has 0 saturated carbocycles. The van der Waals surface area contributed by atoms with Crippen LogP contribution in [-0.4, -0.2) is 20.6 Å². The maximum absolute atomic E-state index is 8.27. The van der Waals surface area contributed by atoms with E-state index in [-0.39, 0.29) is 5.84 Å². The minimum absolute atomic E-state index is 0.234. The Bertz CT molecular complexity index is 279. The van der Waals surface area contributed by atoms with E-state index < -0.39 is 0 Å². The van der Waals surface area contributed by atoms with Gasteiger partial charge in [-0.25, -0.2) is 4.98 Å². The van der Waals surface area contributed by atoms with Crippen molar-refractivity contribution in [2.45, 2.75) is 12.8 Å². The SMILES string of the molecule is Cn1ccnc1CC/C(N)=N/O. The van der Waals surface area contributed by atoms with Gasteiger partial charge in [0.2, 0.25) is 0 Å². The third-order valence-electron chi connectivity index (χ3n) is 1.65. The molecule has 0 radical (unpaired) electrons. The second kappa shape index (κ2) is 3.75. The van der Waals surface area contributed by atoms with E-state index in [0.717, 1.165) is 5.82 Å². The van der Waals surface area contributed by atoms with Gasteiger partial charge >= 0.3 is 0 Å². The predicted octanol–water partition coefficient (Wildman–Crippen LogP) is 0.0991. The highest BCUT2D eigenvalue weighted by Gasteiger charge is 2.00. The predicted molar refractivity (Wildman–Crippen MR) is 44.9 cm³/mol. The molecule has 66 valence electrons. The number of aryl methyl sites for hydroxylation is 2. The maximum Gasteiger partial charge on any atom is 0.139 e. The molecule has 0 spiro atoms. The standard InChI is InChI=1S/C7H12N4O/c1-11-5-4-9-7(11)3-2-6(8)10-12/h4-5,12H,2-3H2,1H3,(H2,8,10). The molecule has 0 aliphatic carbocycles. The van der Waals surface area contributed by atoms with Gasteiger partial charge in [0.25, 0.3) is 0 Å². The molecule has 5 heteroatoms. The van der Waals surface area contributed by atoms with Crippen molar-refractivity contribution in [3.63, 3.8) is 0 Å². The van der Waals surface area contributed by atoms with Crippen molar-refractivity contribution in [1.29, 1.82) is 0 Å². The molecule has 5 nitrogen and oxygen atoms in total. The van der Waals surface area contributed by atoms with Gasteiger partial charge in [0, 0.05) is 32.3 Å². The van der Waals surface area contributed by atoms with Crippen molar-refractivity contribution in [3.8, 4) is 0 Å². The molecule has 0 atom stereocenters. The van der Waals surface area contributed by atoms with Crippen LogP contribution in [0.25, 0.3) is 0 Å². The van der Waals surface area contributed by atoms with Crippen LogP contribution in [0.5, 0.6) is 0 Å². The minimum atomic E-state index is 0.234. The number of rotatable bonds is 3. The summed E-state index contributed by atoms with van der Waals surface area (Å²) in [5.74, 6) is 1.17. The molecule has 1 rings (SSSR count). The summed E-state index contributed by atoms with van der Waals surface area (Å²) in [7, 11) is 1.91.